The van der Waals surface area contributed by atoms with Gasteiger partial charge in [0.2, 0.25) is 0 Å². The van der Waals surface area contributed by atoms with Gasteiger partial charge < -0.3 is 4.74 Å². The van der Waals surface area contributed by atoms with Crippen LogP contribution in [-0.4, -0.2) is 19.4 Å². The molecule has 0 unspecified atom stereocenters. The summed E-state index contributed by atoms with van der Waals surface area (Å²) in [5.41, 5.74) is 3.61. The molecular weight excluding hydrogens is 278 g/mol. The van der Waals surface area contributed by atoms with Gasteiger partial charge in [-0.3, -0.25) is 4.99 Å². The van der Waals surface area contributed by atoms with Crippen molar-refractivity contribution in [3.05, 3.63) is 27.7 Å². The lowest BCUT2D eigenvalue weighted by Crippen LogP contribution is -2.01. The van der Waals surface area contributed by atoms with E-state index in [9.17, 15) is 0 Å². The fourth-order valence-electron chi connectivity index (χ4n) is 1.62. The van der Waals surface area contributed by atoms with Crippen molar-refractivity contribution in [1.29, 1.82) is 0 Å². The Bertz CT molecular complexity index is 390. The topological polar surface area (TPSA) is 21.6 Å². The maximum Gasteiger partial charge on any atom is 0.119 e. The first-order chi connectivity index (χ1) is 8.04. The highest BCUT2D eigenvalue weighted by atomic mass is 79.9. The number of nitrogens with zero attached hydrogens (tertiary/aromatic N) is 1. The number of halogens is 1. The summed E-state index contributed by atoms with van der Waals surface area (Å²) in [6, 6.07) is 4.13. The highest BCUT2D eigenvalue weighted by Crippen LogP contribution is 2.26. The first-order valence-electron chi connectivity index (χ1n) is 5.86. The minimum absolute atomic E-state index is 0.743. The first kappa shape index (κ1) is 14.2. The van der Waals surface area contributed by atoms with Gasteiger partial charge in [0.05, 0.1) is 6.61 Å². The lowest BCUT2D eigenvalue weighted by atomic mass is 10.1. The molecule has 0 amide bonds. The van der Waals surface area contributed by atoms with E-state index >= 15 is 0 Å². The second-order valence-corrected chi connectivity index (χ2v) is 5.07. The number of rotatable bonds is 5. The molecule has 0 heterocycles. The van der Waals surface area contributed by atoms with Crippen LogP contribution >= 0.6 is 15.9 Å². The standard InChI is InChI=1S/C14H20BrNO/c1-10-8-13(9-11(2)14(10)15)17-7-5-6-12(3)16-4/h8-9H,5-7H2,1-4H3/b16-12+. The number of aryl methyl sites for hydroxylation is 2. The van der Waals surface area contributed by atoms with Crippen molar-refractivity contribution < 1.29 is 4.74 Å². The van der Waals surface area contributed by atoms with Crippen molar-refractivity contribution in [1.82, 2.24) is 0 Å². The largest absolute Gasteiger partial charge is 0.494 e. The molecule has 0 atom stereocenters. The molecule has 0 radical (unpaired) electrons. The van der Waals surface area contributed by atoms with Crippen LogP contribution < -0.4 is 4.74 Å². The average molecular weight is 298 g/mol. The Morgan fingerprint density at radius 1 is 1.29 bits per heavy atom. The van der Waals surface area contributed by atoms with Crippen LogP contribution in [0.25, 0.3) is 0 Å². The molecule has 1 rings (SSSR count). The molecule has 0 saturated heterocycles. The molecule has 94 valence electrons. The zero-order valence-corrected chi connectivity index (χ0v) is 12.6. The third kappa shape index (κ3) is 4.50. The maximum atomic E-state index is 5.74. The molecule has 0 fully saturated rings. The van der Waals surface area contributed by atoms with E-state index in [1.54, 1.807) is 0 Å². The predicted molar refractivity (Wildman–Crippen MR) is 77.4 cm³/mol. The van der Waals surface area contributed by atoms with E-state index in [0.29, 0.717) is 0 Å². The Kier molecular flexibility index (Phi) is 5.69. The van der Waals surface area contributed by atoms with Crippen molar-refractivity contribution in [2.45, 2.75) is 33.6 Å². The van der Waals surface area contributed by atoms with Crippen molar-refractivity contribution in [3.8, 4) is 5.75 Å². The second kappa shape index (κ2) is 6.80. The van der Waals surface area contributed by atoms with Crippen LogP contribution in [0.1, 0.15) is 30.9 Å². The van der Waals surface area contributed by atoms with E-state index in [2.05, 4.69) is 46.9 Å². The fourth-order valence-corrected chi connectivity index (χ4v) is 1.85. The van der Waals surface area contributed by atoms with Gasteiger partial charge in [-0.1, -0.05) is 15.9 Å². The Morgan fingerprint density at radius 3 is 2.41 bits per heavy atom. The minimum Gasteiger partial charge on any atom is -0.494 e. The van der Waals surface area contributed by atoms with E-state index in [1.807, 2.05) is 14.0 Å². The lowest BCUT2D eigenvalue weighted by Gasteiger charge is -2.10. The smallest absolute Gasteiger partial charge is 0.119 e. The van der Waals surface area contributed by atoms with Gasteiger partial charge in [-0.25, -0.2) is 0 Å². The molecule has 2 nitrogen and oxygen atoms in total. The van der Waals surface area contributed by atoms with Crippen molar-refractivity contribution in [3.63, 3.8) is 0 Å². The van der Waals surface area contributed by atoms with Gasteiger partial charge in [0.15, 0.2) is 0 Å². The molecule has 1 aromatic carbocycles. The van der Waals surface area contributed by atoms with Crippen LogP contribution in [0.3, 0.4) is 0 Å². The third-order valence-electron chi connectivity index (χ3n) is 2.74. The lowest BCUT2D eigenvalue weighted by molar-refractivity contribution is 0.313. The van der Waals surface area contributed by atoms with Crippen LogP contribution in [0, 0.1) is 13.8 Å². The summed E-state index contributed by atoms with van der Waals surface area (Å²) in [4.78, 5) is 4.13. The van der Waals surface area contributed by atoms with Gasteiger partial charge in [0.25, 0.3) is 0 Å². The van der Waals surface area contributed by atoms with Gasteiger partial charge in [-0.2, -0.15) is 0 Å². The monoisotopic (exact) mass is 297 g/mol. The SMILES string of the molecule is C/N=C(\C)CCCOc1cc(C)c(Br)c(C)c1. The van der Waals surface area contributed by atoms with Crippen LogP contribution in [0.5, 0.6) is 5.75 Å². The number of benzene rings is 1. The van der Waals surface area contributed by atoms with Crippen LogP contribution in [0.2, 0.25) is 0 Å². The number of ether oxygens (including phenoxy) is 1. The minimum atomic E-state index is 0.743. The summed E-state index contributed by atoms with van der Waals surface area (Å²) in [5.74, 6) is 0.953. The molecule has 1 aromatic rings. The summed E-state index contributed by atoms with van der Waals surface area (Å²) in [7, 11) is 1.83. The van der Waals surface area contributed by atoms with Crippen LogP contribution in [-0.2, 0) is 0 Å². The van der Waals surface area contributed by atoms with E-state index in [0.717, 1.165) is 25.2 Å². The molecule has 0 bridgehead atoms. The second-order valence-electron chi connectivity index (χ2n) is 4.28. The highest BCUT2D eigenvalue weighted by Gasteiger charge is 2.03. The normalized spacial score (nSPS) is 11.7. The Balaban J connectivity index is 2.48. The van der Waals surface area contributed by atoms with Crippen molar-refractivity contribution in [2.24, 2.45) is 4.99 Å². The van der Waals surface area contributed by atoms with E-state index in [4.69, 9.17) is 4.74 Å². The number of hydrogen-bond donors (Lipinski definition) is 0. The quantitative estimate of drug-likeness (QED) is 0.586. The van der Waals surface area contributed by atoms with E-state index < -0.39 is 0 Å². The first-order valence-corrected chi connectivity index (χ1v) is 6.65. The fraction of sp³-hybridized carbons (Fsp3) is 0.500. The zero-order chi connectivity index (χ0) is 12.8. The van der Waals surface area contributed by atoms with Gasteiger partial charge in [0, 0.05) is 17.2 Å². The average Bonchev–Trinajstić information content (AvgIpc) is 2.31. The molecule has 0 spiro atoms. The molecule has 3 heteroatoms. The van der Waals surface area contributed by atoms with E-state index in [-0.39, 0.29) is 0 Å². The van der Waals surface area contributed by atoms with Crippen molar-refractivity contribution >= 4 is 21.6 Å². The molecule has 0 saturated carbocycles. The molecule has 0 aliphatic carbocycles. The number of hydrogen-bond acceptors (Lipinski definition) is 2. The summed E-state index contributed by atoms with van der Waals surface area (Å²) in [6.07, 6.45) is 2.02. The maximum absolute atomic E-state index is 5.74. The third-order valence-corrected chi connectivity index (χ3v) is 3.99. The summed E-state index contributed by atoms with van der Waals surface area (Å²) in [5, 5.41) is 0. The highest BCUT2D eigenvalue weighted by molar-refractivity contribution is 9.10. The Hall–Kier alpha value is -0.830. The van der Waals surface area contributed by atoms with Crippen molar-refractivity contribution in [2.75, 3.05) is 13.7 Å². The van der Waals surface area contributed by atoms with Gasteiger partial charge in [0.1, 0.15) is 5.75 Å². The summed E-state index contributed by atoms with van der Waals surface area (Å²) >= 11 is 3.55. The number of aliphatic imine (C=N–C) groups is 1. The predicted octanol–water partition coefficient (Wildman–Crippen LogP) is 4.32. The summed E-state index contributed by atoms with van der Waals surface area (Å²) in [6.45, 7) is 6.96. The molecule has 0 aromatic heterocycles. The van der Waals surface area contributed by atoms with Crippen LogP contribution in [0.4, 0.5) is 0 Å². The molecule has 0 aliphatic heterocycles. The van der Waals surface area contributed by atoms with Crippen LogP contribution in [0.15, 0.2) is 21.6 Å². The van der Waals surface area contributed by atoms with E-state index in [1.165, 1.54) is 21.3 Å². The van der Waals surface area contributed by atoms with Gasteiger partial charge in [-0.05, 0) is 56.9 Å². The molecular formula is C14H20BrNO. The van der Waals surface area contributed by atoms with Gasteiger partial charge >= 0.3 is 0 Å². The summed E-state index contributed by atoms with van der Waals surface area (Å²) < 4.78 is 6.91. The molecule has 0 N–H and O–H groups in total. The Labute approximate surface area is 112 Å². The zero-order valence-electron chi connectivity index (χ0n) is 11.0. The molecule has 0 aliphatic rings. The molecule has 17 heavy (non-hydrogen) atoms. The van der Waals surface area contributed by atoms with Gasteiger partial charge in [-0.15, -0.1) is 0 Å². The Morgan fingerprint density at radius 2 is 1.88 bits per heavy atom.